The van der Waals surface area contributed by atoms with Crippen LogP contribution in [0.3, 0.4) is 0 Å². The van der Waals surface area contributed by atoms with Crippen LogP contribution in [-0.4, -0.2) is 23.4 Å². The van der Waals surface area contributed by atoms with Crippen LogP contribution >= 0.6 is 0 Å². The summed E-state index contributed by atoms with van der Waals surface area (Å²) < 4.78 is 5.09. The quantitative estimate of drug-likeness (QED) is 0.832. The second-order valence-corrected chi connectivity index (χ2v) is 4.88. The number of rotatable bonds is 6. The Bertz CT molecular complexity index is 679. The molecule has 23 heavy (non-hydrogen) atoms. The SMILES string of the molecule is CC(=O)c1ccc(C=CCNC(=O)OCc2ccccc2)cn1. The molecule has 1 aromatic heterocycles. The van der Waals surface area contributed by atoms with Gasteiger partial charge in [-0.15, -0.1) is 0 Å². The highest BCUT2D eigenvalue weighted by Gasteiger charge is 2.01. The van der Waals surface area contributed by atoms with Crippen molar-refractivity contribution in [2.75, 3.05) is 6.54 Å². The topological polar surface area (TPSA) is 68.3 Å². The zero-order valence-corrected chi connectivity index (χ0v) is 12.9. The Labute approximate surface area is 135 Å². The molecule has 0 aliphatic heterocycles. The van der Waals surface area contributed by atoms with E-state index >= 15 is 0 Å². The van der Waals surface area contributed by atoms with Crippen LogP contribution in [0.4, 0.5) is 4.79 Å². The first-order valence-corrected chi connectivity index (χ1v) is 7.23. The Morgan fingerprint density at radius 2 is 1.96 bits per heavy atom. The van der Waals surface area contributed by atoms with Gasteiger partial charge in [-0.05, 0) is 17.2 Å². The predicted molar refractivity (Wildman–Crippen MR) is 87.9 cm³/mol. The summed E-state index contributed by atoms with van der Waals surface area (Å²) in [6.45, 7) is 2.07. The summed E-state index contributed by atoms with van der Waals surface area (Å²) in [5.41, 5.74) is 2.23. The van der Waals surface area contributed by atoms with Gasteiger partial charge in [0, 0.05) is 19.7 Å². The van der Waals surface area contributed by atoms with E-state index in [4.69, 9.17) is 4.74 Å². The highest BCUT2D eigenvalue weighted by atomic mass is 16.5. The van der Waals surface area contributed by atoms with Crippen LogP contribution in [0.15, 0.2) is 54.7 Å². The number of amides is 1. The van der Waals surface area contributed by atoms with Gasteiger partial charge in [0.05, 0.1) is 0 Å². The lowest BCUT2D eigenvalue weighted by Gasteiger charge is -2.05. The Morgan fingerprint density at radius 1 is 1.17 bits per heavy atom. The summed E-state index contributed by atoms with van der Waals surface area (Å²) in [7, 11) is 0. The van der Waals surface area contributed by atoms with E-state index in [0.29, 0.717) is 12.2 Å². The molecule has 2 aromatic rings. The van der Waals surface area contributed by atoms with Crippen molar-refractivity contribution in [3.8, 4) is 0 Å². The Morgan fingerprint density at radius 3 is 2.61 bits per heavy atom. The third-order valence-electron chi connectivity index (χ3n) is 3.03. The largest absolute Gasteiger partial charge is 0.445 e. The highest BCUT2D eigenvalue weighted by molar-refractivity contribution is 5.92. The van der Waals surface area contributed by atoms with E-state index in [1.54, 1.807) is 24.4 Å². The highest BCUT2D eigenvalue weighted by Crippen LogP contribution is 2.03. The fourth-order valence-corrected chi connectivity index (χ4v) is 1.82. The first kappa shape index (κ1) is 16.4. The lowest BCUT2D eigenvalue weighted by molar-refractivity contribution is 0.101. The zero-order chi connectivity index (χ0) is 16.5. The molecule has 0 aliphatic carbocycles. The van der Waals surface area contributed by atoms with Gasteiger partial charge in [0.2, 0.25) is 0 Å². The number of carbonyl (C=O) groups is 2. The van der Waals surface area contributed by atoms with Gasteiger partial charge < -0.3 is 10.1 Å². The minimum absolute atomic E-state index is 0.0663. The number of nitrogens with zero attached hydrogens (tertiary/aromatic N) is 1. The normalized spacial score (nSPS) is 10.5. The minimum atomic E-state index is -0.469. The van der Waals surface area contributed by atoms with Crippen molar-refractivity contribution in [3.05, 3.63) is 71.6 Å². The van der Waals surface area contributed by atoms with E-state index < -0.39 is 6.09 Å². The van der Waals surface area contributed by atoms with Gasteiger partial charge in [-0.3, -0.25) is 9.78 Å². The third kappa shape index (κ3) is 5.74. The van der Waals surface area contributed by atoms with Gasteiger partial charge in [0.1, 0.15) is 12.3 Å². The second-order valence-electron chi connectivity index (χ2n) is 4.88. The van der Waals surface area contributed by atoms with Crippen LogP contribution in [0.1, 0.15) is 28.5 Å². The summed E-state index contributed by atoms with van der Waals surface area (Å²) >= 11 is 0. The molecular weight excluding hydrogens is 292 g/mol. The molecule has 5 nitrogen and oxygen atoms in total. The molecule has 0 atom stereocenters. The number of alkyl carbamates (subject to hydrolysis) is 1. The number of nitrogens with one attached hydrogen (secondary N) is 1. The summed E-state index contributed by atoms with van der Waals surface area (Å²) in [5.74, 6) is -0.0663. The van der Waals surface area contributed by atoms with Crippen molar-refractivity contribution in [1.82, 2.24) is 10.3 Å². The van der Waals surface area contributed by atoms with Gasteiger partial charge >= 0.3 is 6.09 Å². The number of pyridine rings is 1. The van der Waals surface area contributed by atoms with Crippen LogP contribution in [0.25, 0.3) is 6.08 Å². The van der Waals surface area contributed by atoms with Crippen LogP contribution in [0.2, 0.25) is 0 Å². The average Bonchev–Trinajstić information content (AvgIpc) is 2.58. The minimum Gasteiger partial charge on any atom is -0.445 e. The molecule has 1 heterocycles. The summed E-state index contributed by atoms with van der Waals surface area (Å²) in [6.07, 6.45) is 4.74. The first-order valence-electron chi connectivity index (χ1n) is 7.23. The monoisotopic (exact) mass is 310 g/mol. The number of benzene rings is 1. The van der Waals surface area contributed by atoms with E-state index in [2.05, 4.69) is 10.3 Å². The van der Waals surface area contributed by atoms with Gasteiger partial charge in [-0.25, -0.2) is 4.79 Å². The number of hydrogen-bond donors (Lipinski definition) is 1. The molecule has 0 saturated heterocycles. The summed E-state index contributed by atoms with van der Waals surface area (Å²) in [6, 6.07) is 13.0. The molecule has 0 spiro atoms. The van der Waals surface area contributed by atoms with Crippen molar-refractivity contribution < 1.29 is 14.3 Å². The molecular formula is C18H18N2O3. The molecule has 118 valence electrons. The molecule has 0 fully saturated rings. The number of Topliss-reactive ketones (excluding diaryl/α,β-unsaturated/α-hetero) is 1. The van der Waals surface area contributed by atoms with E-state index in [1.807, 2.05) is 36.4 Å². The van der Waals surface area contributed by atoms with Crippen molar-refractivity contribution >= 4 is 18.0 Å². The van der Waals surface area contributed by atoms with Crippen LogP contribution < -0.4 is 5.32 Å². The van der Waals surface area contributed by atoms with Crippen molar-refractivity contribution in [1.29, 1.82) is 0 Å². The van der Waals surface area contributed by atoms with Crippen molar-refractivity contribution in [2.24, 2.45) is 0 Å². The van der Waals surface area contributed by atoms with Gasteiger partial charge in [0.25, 0.3) is 0 Å². The lowest BCUT2D eigenvalue weighted by atomic mass is 10.2. The zero-order valence-electron chi connectivity index (χ0n) is 12.9. The molecule has 1 N–H and O–H groups in total. The fourth-order valence-electron chi connectivity index (χ4n) is 1.82. The molecule has 1 amide bonds. The molecule has 0 aliphatic rings. The molecule has 0 bridgehead atoms. The third-order valence-corrected chi connectivity index (χ3v) is 3.03. The molecule has 0 unspecified atom stereocenters. The molecule has 1 aromatic carbocycles. The molecule has 2 rings (SSSR count). The maximum Gasteiger partial charge on any atom is 0.407 e. The second kappa shape index (κ2) is 8.48. The van der Waals surface area contributed by atoms with E-state index in [-0.39, 0.29) is 12.4 Å². The van der Waals surface area contributed by atoms with Crippen molar-refractivity contribution in [2.45, 2.75) is 13.5 Å². The smallest absolute Gasteiger partial charge is 0.407 e. The Hall–Kier alpha value is -2.95. The number of hydrogen-bond acceptors (Lipinski definition) is 4. The maximum atomic E-state index is 11.5. The first-order chi connectivity index (χ1) is 11.1. The Balaban J connectivity index is 1.71. The fraction of sp³-hybridized carbons (Fsp3) is 0.167. The van der Waals surface area contributed by atoms with E-state index in [9.17, 15) is 9.59 Å². The predicted octanol–water partition coefficient (Wildman–Crippen LogP) is 3.22. The maximum absolute atomic E-state index is 11.5. The van der Waals surface area contributed by atoms with Crippen molar-refractivity contribution in [3.63, 3.8) is 0 Å². The van der Waals surface area contributed by atoms with Crippen LogP contribution in [0.5, 0.6) is 0 Å². The number of ether oxygens (including phenoxy) is 1. The average molecular weight is 310 g/mol. The molecule has 0 radical (unpaired) electrons. The molecule has 0 saturated carbocycles. The number of ketones is 1. The van der Waals surface area contributed by atoms with Crippen LogP contribution in [-0.2, 0) is 11.3 Å². The Kier molecular flexibility index (Phi) is 6.06. The van der Waals surface area contributed by atoms with Gasteiger partial charge in [0.15, 0.2) is 5.78 Å². The summed E-state index contributed by atoms with van der Waals surface area (Å²) in [4.78, 5) is 26.7. The van der Waals surface area contributed by atoms with E-state index in [0.717, 1.165) is 11.1 Å². The van der Waals surface area contributed by atoms with E-state index in [1.165, 1.54) is 6.92 Å². The van der Waals surface area contributed by atoms with Crippen LogP contribution in [0, 0.1) is 0 Å². The number of carbonyl (C=O) groups excluding carboxylic acids is 2. The van der Waals surface area contributed by atoms with Gasteiger partial charge in [-0.2, -0.15) is 0 Å². The number of aromatic nitrogens is 1. The lowest BCUT2D eigenvalue weighted by Crippen LogP contribution is -2.24. The standard InChI is InChI=1S/C18H18N2O3/c1-14(21)17-10-9-15(12-20-17)8-5-11-19-18(22)23-13-16-6-3-2-4-7-16/h2-10,12H,11,13H2,1H3,(H,19,22). The van der Waals surface area contributed by atoms with Gasteiger partial charge in [-0.1, -0.05) is 48.6 Å². The summed E-state index contributed by atoms with van der Waals surface area (Å²) in [5, 5.41) is 2.63. The molecule has 5 heteroatoms.